The van der Waals surface area contributed by atoms with Crippen molar-refractivity contribution in [1.29, 1.82) is 0 Å². The van der Waals surface area contributed by atoms with Crippen LogP contribution in [-0.4, -0.2) is 61.0 Å². The number of morpholine rings is 1. The van der Waals surface area contributed by atoms with Crippen molar-refractivity contribution in [2.75, 3.05) is 44.7 Å². The van der Waals surface area contributed by atoms with E-state index in [1.165, 1.54) is 16.2 Å². The highest BCUT2D eigenvalue weighted by atomic mass is 32.1. The van der Waals surface area contributed by atoms with Crippen LogP contribution < -0.4 is 5.32 Å². The summed E-state index contributed by atoms with van der Waals surface area (Å²) in [6.07, 6.45) is 1.80. The Morgan fingerprint density at radius 1 is 1.18 bits per heavy atom. The van der Waals surface area contributed by atoms with Gasteiger partial charge >= 0.3 is 0 Å². The number of nitrogens with zero attached hydrogens (tertiary/aromatic N) is 2. The van der Waals surface area contributed by atoms with E-state index >= 15 is 0 Å². The molecule has 178 valence electrons. The Hall–Kier alpha value is -2.78. The summed E-state index contributed by atoms with van der Waals surface area (Å²) in [7, 11) is 0. The van der Waals surface area contributed by atoms with Gasteiger partial charge in [-0.05, 0) is 29.5 Å². The molecule has 0 unspecified atom stereocenters. The van der Waals surface area contributed by atoms with Crippen LogP contribution in [0.4, 0.5) is 5.00 Å². The van der Waals surface area contributed by atoms with Gasteiger partial charge in [0.1, 0.15) is 5.00 Å². The van der Waals surface area contributed by atoms with Crippen LogP contribution in [0.5, 0.6) is 0 Å². The second-order valence-corrected chi connectivity index (χ2v) is 10.2. The lowest BCUT2D eigenvalue weighted by atomic mass is 10.1. The Morgan fingerprint density at radius 2 is 1.94 bits per heavy atom. The average Bonchev–Trinajstić information content (AvgIpc) is 3.47. The van der Waals surface area contributed by atoms with Gasteiger partial charge < -0.3 is 15.0 Å². The minimum atomic E-state index is -0.143. The molecule has 0 radical (unpaired) electrons. The summed E-state index contributed by atoms with van der Waals surface area (Å²) in [6, 6.07) is 14.1. The monoisotopic (exact) mass is 495 g/mol. The molecule has 1 N–H and O–H groups in total. The summed E-state index contributed by atoms with van der Waals surface area (Å²) in [5.74, 6) is -0.202. The van der Waals surface area contributed by atoms with Crippen molar-refractivity contribution in [3.63, 3.8) is 0 Å². The van der Waals surface area contributed by atoms with E-state index in [0.29, 0.717) is 50.0 Å². The molecule has 3 aromatic rings. The molecule has 2 aromatic heterocycles. The lowest BCUT2D eigenvalue weighted by Gasteiger charge is -2.27. The Balaban J connectivity index is 1.59. The lowest BCUT2D eigenvalue weighted by Crippen LogP contribution is -2.41. The molecule has 1 aliphatic heterocycles. The smallest absolute Gasteiger partial charge is 0.257 e. The van der Waals surface area contributed by atoms with Gasteiger partial charge in [-0.2, -0.15) is 0 Å². The Bertz CT molecular complexity index is 1120. The van der Waals surface area contributed by atoms with Crippen molar-refractivity contribution in [2.45, 2.75) is 13.5 Å². The van der Waals surface area contributed by atoms with Gasteiger partial charge in [-0.15, -0.1) is 29.3 Å². The molecule has 0 aliphatic carbocycles. The van der Waals surface area contributed by atoms with Crippen molar-refractivity contribution in [3.8, 4) is 10.4 Å². The standard InChI is InChI=1S/C26H29N3O3S2/c1-3-11-28(17-21-10-7-16-33-21)18-22(30)27-25-23(26(31)29-12-14-32-15-13-29)19(2)24(34-25)20-8-5-4-6-9-20/h3-10,16H,1,11-15,17-18H2,2H3,(H,27,30). The van der Waals surface area contributed by atoms with Crippen LogP contribution in [0.3, 0.4) is 0 Å². The Morgan fingerprint density at radius 3 is 2.62 bits per heavy atom. The van der Waals surface area contributed by atoms with E-state index in [1.54, 1.807) is 17.4 Å². The predicted molar refractivity (Wildman–Crippen MR) is 140 cm³/mol. The van der Waals surface area contributed by atoms with Crippen molar-refractivity contribution >= 4 is 39.5 Å². The second-order valence-electron chi connectivity index (χ2n) is 8.12. The molecule has 1 aromatic carbocycles. The molecule has 1 fully saturated rings. The first kappa shape index (κ1) is 24.3. The van der Waals surface area contributed by atoms with Crippen LogP contribution in [-0.2, 0) is 16.1 Å². The van der Waals surface area contributed by atoms with E-state index in [-0.39, 0.29) is 18.4 Å². The number of amides is 2. The predicted octanol–water partition coefficient (Wildman–Crippen LogP) is 4.88. The third kappa shape index (κ3) is 5.82. The quantitative estimate of drug-likeness (QED) is 0.430. The van der Waals surface area contributed by atoms with E-state index in [0.717, 1.165) is 16.0 Å². The first-order valence-electron chi connectivity index (χ1n) is 11.3. The van der Waals surface area contributed by atoms with E-state index in [2.05, 4.69) is 18.0 Å². The number of ether oxygens (including phenoxy) is 1. The van der Waals surface area contributed by atoms with Crippen LogP contribution >= 0.6 is 22.7 Å². The zero-order valence-electron chi connectivity index (χ0n) is 19.3. The molecule has 0 bridgehead atoms. The molecule has 4 rings (SSSR count). The van der Waals surface area contributed by atoms with Gasteiger partial charge in [0.2, 0.25) is 5.91 Å². The summed E-state index contributed by atoms with van der Waals surface area (Å²) in [4.78, 5) is 32.7. The summed E-state index contributed by atoms with van der Waals surface area (Å²) in [5, 5.41) is 5.69. The molecule has 0 atom stereocenters. The van der Waals surface area contributed by atoms with Gasteiger partial charge in [0, 0.05) is 35.9 Å². The highest BCUT2D eigenvalue weighted by Crippen LogP contribution is 2.40. The first-order valence-corrected chi connectivity index (χ1v) is 13.0. The SMILES string of the molecule is C=CCN(CC(=O)Nc1sc(-c2ccccc2)c(C)c1C(=O)N1CCOCC1)Cc1cccs1. The van der Waals surface area contributed by atoms with E-state index in [1.807, 2.05) is 58.5 Å². The molecule has 6 nitrogen and oxygen atoms in total. The molecule has 0 saturated carbocycles. The highest BCUT2D eigenvalue weighted by Gasteiger charge is 2.28. The third-order valence-electron chi connectivity index (χ3n) is 5.66. The lowest BCUT2D eigenvalue weighted by molar-refractivity contribution is -0.117. The zero-order valence-corrected chi connectivity index (χ0v) is 20.9. The maximum absolute atomic E-state index is 13.5. The van der Waals surface area contributed by atoms with Crippen LogP contribution in [0, 0.1) is 6.92 Å². The fourth-order valence-electron chi connectivity index (χ4n) is 4.01. The molecular formula is C26H29N3O3S2. The number of benzene rings is 1. The summed E-state index contributed by atoms with van der Waals surface area (Å²) in [6.45, 7) is 9.45. The number of nitrogens with one attached hydrogen (secondary N) is 1. The first-order chi connectivity index (χ1) is 16.6. The number of carbonyl (C=O) groups is 2. The molecule has 0 spiro atoms. The van der Waals surface area contributed by atoms with Crippen LogP contribution in [0.1, 0.15) is 20.8 Å². The molecular weight excluding hydrogens is 466 g/mol. The zero-order chi connectivity index (χ0) is 23.9. The van der Waals surface area contributed by atoms with Crippen molar-refractivity contribution < 1.29 is 14.3 Å². The number of hydrogen-bond donors (Lipinski definition) is 1. The summed E-state index contributed by atoms with van der Waals surface area (Å²) in [5.41, 5.74) is 2.50. The van der Waals surface area contributed by atoms with Crippen LogP contribution in [0.2, 0.25) is 0 Å². The van der Waals surface area contributed by atoms with Gasteiger partial charge in [-0.25, -0.2) is 0 Å². The fourth-order valence-corrected chi connectivity index (χ4v) is 5.97. The van der Waals surface area contributed by atoms with Gasteiger partial charge in [0.25, 0.3) is 5.91 Å². The number of anilines is 1. The molecule has 3 heterocycles. The van der Waals surface area contributed by atoms with Crippen molar-refractivity contribution in [2.24, 2.45) is 0 Å². The van der Waals surface area contributed by atoms with Gasteiger partial charge in [-0.1, -0.05) is 42.5 Å². The molecule has 2 amide bonds. The summed E-state index contributed by atoms with van der Waals surface area (Å²) >= 11 is 3.13. The molecule has 1 aliphatic rings. The minimum absolute atomic E-state index is 0.0592. The van der Waals surface area contributed by atoms with Gasteiger partial charge in [0.15, 0.2) is 0 Å². The molecule has 1 saturated heterocycles. The normalized spacial score (nSPS) is 13.8. The topological polar surface area (TPSA) is 61.9 Å². The number of rotatable bonds is 9. The van der Waals surface area contributed by atoms with Crippen molar-refractivity contribution in [1.82, 2.24) is 9.80 Å². The number of thiophene rings is 2. The van der Waals surface area contributed by atoms with Gasteiger partial charge in [-0.3, -0.25) is 14.5 Å². The van der Waals surface area contributed by atoms with Crippen LogP contribution in [0.25, 0.3) is 10.4 Å². The van der Waals surface area contributed by atoms with Gasteiger partial charge in [0.05, 0.1) is 25.3 Å². The molecule has 34 heavy (non-hydrogen) atoms. The maximum atomic E-state index is 13.5. The van der Waals surface area contributed by atoms with E-state index in [4.69, 9.17) is 4.74 Å². The van der Waals surface area contributed by atoms with Crippen molar-refractivity contribution in [3.05, 3.63) is 76.5 Å². The second kappa shape index (κ2) is 11.6. The molecule has 8 heteroatoms. The number of hydrogen-bond acceptors (Lipinski definition) is 6. The van der Waals surface area contributed by atoms with Crippen LogP contribution in [0.15, 0.2) is 60.5 Å². The van der Waals surface area contributed by atoms with E-state index < -0.39 is 0 Å². The largest absolute Gasteiger partial charge is 0.378 e. The minimum Gasteiger partial charge on any atom is -0.378 e. The van der Waals surface area contributed by atoms with E-state index in [9.17, 15) is 9.59 Å². The number of carbonyl (C=O) groups excluding carboxylic acids is 2. The summed E-state index contributed by atoms with van der Waals surface area (Å²) < 4.78 is 5.42. The Labute approximate surface area is 208 Å². The average molecular weight is 496 g/mol. The highest BCUT2D eigenvalue weighted by molar-refractivity contribution is 7.20. The maximum Gasteiger partial charge on any atom is 0.257 e. The Kier molecular flexibility index (Phi) is 8.29. The third-order valence-corrected chi connectivity index (χ3v) is 7.78. The fraction of sp³-hybridized carbons (Fsp3) is 0.308.